The number of hydrogen-bond acceptors (Lipinski definition) is 7. The van der Waals surface area contributed by atoms with Gasteiger partial charge in [0, 0.05) is 23.8 Å². The van der Waals surface area contributed by atoms with E-state index in [9.17, 15) is 15.0 Å². The van der Waals surface area contributed by atoms with Crippen molar-refractivity contribution in [3.05, 3.63) is 101 Å². The summed E-state index contributed by atoms with van der Waals surface area (Å²) in [6, 6.07) is 0. The molecule has 4 aliphatic rings. The van der Waals surface area contributed by atoms with Crippen LogP contribution in [0, 0.1) is 10.8 Å². The topological polar surface area (TPSA) is 97.8 Å². The maximum atomic E-state index is 12.5. The second-order valence-corrected chi connectivity index (χ2v) is 14.8. The van der Waals surface area contributed by atoms with Gasteiger partial charge in [0.15, 0.2) is 0 Å². The molecule has 2 N–H and O–H groups in total. The lowest BCUT2D eigenvalue weighted by atomic mass is 9.63. The van der Waals surface area contributed by atoms with Crippen LogP contribution in [0.5, 0.6) is 0 Å². The average molecular weight is 633 g/mol. The van der Waals surface area contributed by atoms with Crippen LogP contribution in [0.3, 0.4) is 0 Å². The van der Waals surface area contributed by atoms with Crippen molar-refractivity contribution in [1.82, 2.24) is 0 Å². The van der Waals surface area contributed by atoms with E-state index in [1.807, 2.05) is 89.3 Å². The minimum atomic E-state index is -1.03. The molecule has 4 rings (SSSR count). The maximum Gasteiger partial charge on any atom is 0.343 e. The van der Waals surface area contributed by atoms with Crippen molar-refractivity contribution >= 4 is 5.97 Å². The van der Waals surface area contributed by atoms with Crippen molar-refractivity contribution < 1.29 is 34.3 Å². The Morgan fingerprint density at radius 1 is 1.00 bits per heavy atom. The van der Waals surface area contributed by atoms with Crippen LogP contribution in [0.1, 0.15) is 88.0 Å². The predicted octanol–water partition coefficient (Wildman–Crippen LogP) is 7.61. The predicted molar refractivity (Wildman–Crippen MR) is 180 cm³/mol. The molecule has 3 fully saturated rings. The van der Waals surface area contributed by atoms with Gasteiger partial charge >= 0.3 is 5.97 Å². The molecule has 7 nitrogen and oxygen atoms in total. The zero-order valence-electron chi connectivity index (χ0n) is 29.0. The molecule has 2 heterocycles. The van der Waals surface area contributed by atoms with Gasteiger partial charge in [-0.05, 0) is 94.4 Å². The van der Waals surface area contributed by atoms with Crippen molar-refractivity contribution in [2.75, 3.05) is 6.61 Å². The second kappa shape index (κ2) is 13.6. The number of rotatable bonds is 10. The van der Waals surface area contributed by atoms with E-state index >= 15 is 0 Å². The van der Waals surface area contributed by atoms with Gasteiger partial charge in [0.25, 0.3) is 0 Å². The molecule has 2 saturated carbocycles. The fourth-order valence-electron chi connectivity index (χ4n) is 7.53. The highest BCUT2D eigenvalue weighted by Gasteiger charge is 2.74. The van der Waals surface area contributed by atoms with Crippen LogP contribution in [0.25, 0.3) is 0 Å². The third-order valence-corrected chi connectivity index (χ3v) is 9.51. The number of allylic oxidation sites excluding steroid dienone is 10. The summed E-state index contributed by atoms with van der Waals surface area (Å²) in [4.78, 5) is 23.2. The number of esters is 1. The molecular weight excluding hydrogens is 580 g/mol. The molecule has 0 spiro atoms. The number of aliphatic hydroxyl groups excluding tert-OH is 1. The summed E-state index contributed by atoms with van der Waals surface area (Å²) < 4.78 is 11.7. The quantitative estimate of drug-likeness (QED) is 0.0639. The fourth-order valence-corrected chi connectivity index (χ4v) is 7.53. The molecule has 250 valence electrons. The Morgan fingerprint density at radius 2 is 1.67 bits per heavy atom. The third kappa shape index (κ3) is 7.91. The van der Waals surface area contributed by atoms with E-state index < -0.39 is 16.8 Å². The molecule has 2 aliphatic heterocycles. The molecule has 7 heteroatoms. The molecule has 1 saturated heterocycles. The van der Waals surface area contributed by atoms with Crippen molar-refractivity contribution in [3.63, 3.8) is 0 Å². The Morgan fingerprint density at radius 3 is 2.30 bits per heavy atom. The van der Waals surface area contributed by atoms with Gasteiger partial charge in [-0.1, -0.05) is 64.2 Å². The largest absolute Gasteiger partial charge is 0.423 e. The Bertz CT molecular complexity index is 1450. The molecule has 5 atom stereocenters. The van der Waals surface area contributed by atoms with E-state index in [0.717, 1.165) is 23.1 Å². The van der Waals surface area contributed by atoms with Crippen molar-refractivity contribution in [2.24, 2.45) is 10.8 Å². The van der Waals surface area contributed by atoms with Crippen LogP contribution in [0.15, 0.2) is 101 Å². The van der Waals surface area contributed by atoms with Crippen LogP contribution in [-0.4, -0.2) is 51.8 Å². The second-order valence-electron chi connectivity index (χ2n) is 14.8. The summed E-state index contributed by atoms with van der Waals surface area (Å²) in [5.41, 5.74) is 4.17. The minimum Gasteiger partial charge on any atom is -0.423 e. The van der Waals surface area contributed by atoms with Crippen molar-refractivity contribution in [3.8, 4) is 0 Å². The van der Waals surface area contributed by atoms with E-state index in [4.69, 9.17) is 19.2 Å². The normalized spacial score (nSPS) is 35.1. The van der Waals surface area contributed by atoms with E-state index in [0.29, 0.717) is 37.2 Å². The molecule has 0 aromatic carbocycles. The van der Waals surface area contributed by atoms with Gasteiger partial charge in [0.05, 0.1) is 30.0 Å². The Hall–Kier alpha value is -3.03. The molecule has 0 radical (unpaired) electrons. The van der Waals surface area contributed by atoms with E-state index in [1.165, 1.54) is 0 Å². The van der Waals surface area contributed by atoms with Gasteiger partial charge in [0.2, 0.25) is 0 Å². The van der Waals surface area contributed by atoms with Crippen molar-refractivity contribution in [2.45, 2.75) is 117 Å². The minimum absolute atomic E-state index is 0.166. The molecular formula is C39H52O7. The van der Waals surface area contributed by atoms with Crippen molar-refractivity contribution in [1.29, 1.82) is 0 Å². The molecule has 0 aromatic heterocycles. The van der Waals surface area contributed by atoms with Gasteiger partial charge in [0.1, 0.15) is 17.0 Å². The number of aliphatic hydroxyl groups is 2. The SMILES string of the molecule is CCOOC1CC(C)(C)C(=C=C/C(C)=C/C=C/C=C/C=C(C)/C=C2C=C(/C=C/C34OC3(C)CC(O)CC4(C)C)C(=O)O/2)C(C)(O)C1. The van der Waals surface area contributed by atoms with Gasteiger partial charge in [-0.25, -0.2) is 14.6 Å². The van der Waals surface area contributed by atoms with E-state index in [-0.39, 0.29) is 29.0 Å². The standard InChI is InChI=1S/C39H52O7/c1-10-43-45-32-25-35(4,5)33(37(8,42)26-32)18-17-27(2)15-13-11-12-14-16-28(3)21-31-22-29(34(41)44-31)19-20-39-36(6,7)23-30(40)24-38(39,9)46-39/h11-17,19-22,30,32,40,42H,10,23-26H2,1-9H3/b13-11+,14-12+,20-19+,27-15+,28-16+,31-21-. The number of fused-ring (bicyclic) bond motifs is 1. The van der Waals surface area contributed by atoms with Gasteiger partial charge in [-0.2, -0.15) is 0 Å². The highest BCUT2D eigenvalue weighted by atomic mass is 17.2. The first kappa shape index (κ1) is 35.8. The number of cyclic esters (lactones) is 1. The Kier molecular flexibility index (Phi) is 10.6. The summed E-state index contributed by atoms with van der Waals surface area (Å²) in [5, 5.41) is 21.4. The van der Waals surface area contributed by atoms with Gasteiger partial charge < -0.3 is 19.7 Å². The number of ether oxygens (including phenoxy) is 2. The monoisotopic (exact) mass is 632 g/mol. The highest BCUT2D eigenvalue weighted by molar-refractivity contribution is 5.95. The van der Waals surface area contributed by atoms with Gasteiger partial charge in [-0.3, -0.25) is 0 Å². The smallest absolute Gasteiger partial charge is 0.343 e. The lowest BCUT2D eigenvalue weighted by molar-refractivity contribution is -0.334. The molecule has 0 aromatic rings. The Balaban J connectivity index is 1.35. The third-order valence-electron chi connectivity index (χ3n) is 9.51. The number of epoxide rings is 1. The van der Waals surface area contributed by atoms with Gasteiger partial charge in [-0.15, -0.1) is 5.73 Å². The van der Waals surface area contributed by atoms with Crippen LogP contribution in [0.2, 0.25) is 0 Å². The highest BCUT2D eigenvalue weighted by Crippen LogP contribution is 2.66. The summed E-state index contributed by atoms with van der Waals surface area (Å²) in [5.74, 6) is 0.109. The first-order valence-electron chi connectivity index (χ1n) is 16.3. The van der Waals surface area contributed by atoms with Crippen LogP contribution < -0.4 is 0 Å². The maximum absolute atomic E-state index is 12.5. The number of carbonyl (C=O) groups excluding carboxylic acids is 1. The first-order valence-corrected chi connectivity index (χ1v) is 16.3. The number of carbonyl (C=O) groups is 1. The zero-order valence-corrected chi connectivity index (χ0v) is 29.0. The van der Waals surface area contributed by atoms with E-state index in [1.54, 1.807) is 12.2 Å². The van der Waals surface area contributed by atoms with Crippen LogP contribution in [0.4, 0.5) is 0 Å². The number of hydrogen-bond donors (Lipinski definition) is 2. The lowest BCUT2D eigenvalue weighted by Gasteiger charge is -2.44. The zero-order chi connectivity index (χ0) is 34.0. The first-order chi connectivity index (χ1) is 21.4. The summed E-state index contributed by atoms with van der Waals surface area (Å²) in [6.07, 6.45) is 22.8. The molecule has 46 heavy (non-hydrogen) atoms. The molecule has 5 unspecified atom stereocenters. The molecule has 0 bridgehead atoms. The molecule has 0 amide bonds. The summed E-state index contributed by atoms with van der Waals surface area (Å²) in [7, 11) is 0. The average Bonchev–Trinajstić information content (AvgIpc) is 3.40. The van der Waals surface area contributed by atoms with E-state index in [2.05, 4.69) is 33.4 Å². The molecule has 2 aliphatic carbocycles. The van der Waals surface area contributed by atoms with Crippen LogP contribution in [-0.2, 0) is 24.0 Å². The fraction of sp³-hybridized carbons (Fsp3) is 0.538. The Labute approximate surface area is 275 Å². The lowest BCUT2D eigenvalue weighted by Crippen LogP contribution is -2.46. The summed E-state index contributed by atoms with van der Waals surface area (Å²) >= 11 is 0. The van der Waals surface area contributed by atoms with Crippen LogP contribution >= 0.6 is 0 Å². The summed E-state index contributed by atoms with van der Waals surface area (Å²) in [6.45, 7) is 18.5.